The monoisotopic (exact) mass is 308 g/mol. The third-order valence-corrected chi connectivity index (χ3v) is 3.62. The maximum atomic E-state index is 12.6. The van der Waals surface area contributed by atoms with Gasteiger partial charge in [-0.3, -0.25) is 24.2 Å². The molecule has 0 aliphatic heterocycles. The van der Waals surface area contributed by atoms with Crippen LogP contribution in [0.3, 0.4) is 0 Å². The molecule has 0 radical (unpaired) electrons. The van der Waals surface area contributed by atoms with Crippen LogP contribution in [0.15, 0.2) is 42.7 Å². The van der Waals surface area contributed by atoms with Crippen LogP contribution in [0.5, 0.6) is 0 Å². The largest absolute Gasteiger partial charge is 0.326 e. The van der Waals surface area contributed by atoms with Crippen LogP contribution in [0, 0.1) is 5.92 Å². The summed E-state index contributed by atoms with van der Waals surface area (Å²) < 4.78 is 0. The second-order valence-electron chi connectivity index (χ2n) is 5.18. The molecule has 1 atom stereocenters. The maximum absolute atomic E-state index is 12.6. The van der Waals surface area contributed by atoms with Crippen molar-refractivity contribution in [1.82, 2.24) is 4.98 Å². The molecule has 1 aromatic heterocycles. The molecule has 114 valence electrons. The van der Waals surface area contributed by atoms with Crippen LogP contribution in [-0.2, 0) is 4.79 Å². The molecule has 0 spiro atoms. The molecule has 0 unspecified atom stereocenters. The molecule has 1 amide bonds. The summed E-state index contributed by atoms with van der Waals surface area (Å²) in [5, 5.41) is 2.52. The summed E-state index contributed by atoms with van der Waals surface area (Å²) in [5.74, 6) is -3.50. The highest BCUT2D eigenvalue weighted by Crippen LogP contribution is 2.34. The SMILES string of the molecule is CC(=O)Nc1cccc2c1C(=O)[C@@H](C(=O)c1cccnc1)C2=O. The highest BCUT2D eigenvalue weighted by molar-refractivity contribution is 6.39. The van der Waals surface area contributed by atoms with Crippen LogP contribution in [-0.4, -0.2) is 28.2 Å². The van der Waals surface area contributed by atoms with Crippen molar-refractivity contribution in [1.29, 1.82) is 0 Å². The number of aromatic nitrogens is 1. The normalized spacial score (nSPS) is 16.1. The summed E-state index contributed by atoms with van der Waals surface area (Å²) in [6, 6.07) is 7.65. The molecule has 1 heterocycles. The van der Waals surface area contributed by atoms with Gasteiger partial charge in [-0.25, -0.2) is 0 Å². The van der Waals surface area contributed by atoms with Gasteiger partial charge in [0.1, 0.15) is 5.92 Å². The van der Waals surface area contributed by atoms with Gasteiger partial charge in [-0.15, -0.1) is 0 Å². The van der Waals surface area contributed by atoms with Crippen molar-refractivity contribution in [3.8, 4) is 0 Å². The van der Waals surface area contributed by atoms with E-state index < -0.39 is 23.3 Å². The van der Waals surface area contributed by atoms with Crippen molar-refractivity contribution in [3.05, 3.63) is 59.4 Å². The van der Waals surface area contributed by atoms with Crippen LogP contribution >= 0.6 is 0 Å². The average Bonchev–Trinajstić information content (AvgIpc) is 2.79. The Morgan fingerprint density at radius 1 is 1.09 bits per heavy atom. The number of hydrogen-bond acceptors (Lipinski definition) is 5. The lowest BCUT2D eigenvalue weighted by Gasteiger charge is -2.07. The number of carbonyl (C=O) groups excluding carboxylic acids is 4. The summed E-state index contributed by atoms with van der Waals surface area (Å²) >= 11 is 0. The number of benzene rings is 1. The van der Waals surface area contributed by atoms with Crippen molar-refractivity contribution in [3.63, 3.8) is 0 Å². The summed E-state index contributed by atoms with van der Waals surface area (Å²) in [6.07, 6.45) is 2.82. The number of ketones is 3. The Balaban J connectivity index is 2.04. The first kappa shape index (κ1) is 14.8. The molecule has 2 aromatic rings. The Morgan fingerprint density at radius 3 is 2.52 bits per heavy atom. The summed E-state index contributed by atoms with van der Waals surface area (Å²) in [5.41, 5.74) is 0.696. The fraction of sp³-hybridized carbons (Fsp3) is 0.118. The third kappa shape index (κ3) is 2.44. The smallest absolute Gasteiger partial charge is 0.221 e. The van der Waals surface area contributed by atoms with E-state index in [1.54, 1.807) is 12.1 Å². The van der Waals surface area contributed by atoms with Crippen LogP contribution in [0.2, 0.25) is 0 Å². The lowest BCUT2D eigenvalue weighted by atomic mass is 9.94. The molecule has 6 heteroatoms. The van der Waals surface area contributed by atoms with Crippen molar-refractivity contribution in [2.75, 3.05) is 5.32 Å². The number of carbonyl (C=O) groups is 4. The van der Waals surface area contributed by atoms with Crippen molar-refractivity contribution < 1.29 is 19.2 Å². The van der Waals surface area contributed by atoms with Crippen LogP contribution in [0.1, 0.15) is 38.0 Å². The van der Waals surface area contributed by atoms with E-state index in [2.05, 4.69) is 10.3 Å². The zero-order valence-corrected chi connectivity index (χ0v) is 12.2. The predicted molar refractivity (Wildman–Crippen MR) is 81.5 cm³/mol. The van der Waals surface area contributed by atoms with Gasteiger partial charge >= 0.3 is 0 Å². The number of anilines is 1. The number of nitrogens with one attached hydrogen (secondary N) is 1. The summed E-state index contributed by atoms with van der Waals surface area (Å²) in [4.78, 5) is 52.7. The Bertz CT molecular complexity index is 843. The minimum Gasteiger partial charge on any atom is -0.326 e. The summed E-state index contributed by atoms with van der Waals surface area (Å²) in [7, 11) is 0. The fourth-order valence-electron chi connectivity index (χ4n) is 2.65. The molecule has 0 saturated carbocycles. The van der Waals surface area contributed by atoms with Gasteiger partial charge in [0.15, 0.2) is 17.3 Å². The molecule has 1 aliphatic carbocycles. The molecule has 3 rings (SSSR count). The van der Waals surface area contributed by atoms with Gasteiger partial charge in [-0.2, -0.15) is 0 Å². The Labute approximate surface area is 131 Å². The van der Waals surface area contributed by atoms with E-state index >= 15 is 0 Å². The Morgan fingerprint density at radius 2 is 1.87 bits per heavy atom. The molecule has 0 fully saturated rings. The maximum Gasteiger partial charge on any atom is 0.221 e. The van der Waals surface area contributed by atoms with Crippen LogP contribution in [0.25, 0.3) is 0 Å². The molecular formula is C17H12N2O4. The van der Waals surface area contributed by atoms with E-state index in [-0.39, 0.29) is 28.3 Å². The van der Waals surface area contributed by atoms with Crippen LogP contribution < -0.4 is 5.32 Å². The van der Waals surface area contributed by atoms with E-state index in [0.29, 0.717) is 0 Å². The number of pyridine rings is 1. The Hall–Kier alpha value is -3.15. The number of Topliss-reactive ketones (excluding diaryl/α,β-unsaturated/α-hetero) is 3. The zero-order chi connectivity index (χ0) is 16.6. The summed E-state index contributed by atoms with van der Waals surface area (Å²) in [6.45, 7) is 1.30. The van der Waals surface area contributed by atoms with Crippen molar-refractivity contribution in [2.45, 2.75) is 6.92 Å². The zero-order valence-electron chi connectivity index (χ0n) is 12.2. The molecule has 23 heavy (non-hydrogen) atoms. The number of fused-ring (bicyclic) bond motifs is 1. The first-order chi connectivity index (χ1) is 11.0. The standard InChI is InChI=1S/C17H12N2O4/c1-9(20)19-12-6-2-5-11-13(12)17(23)14(16(11)22)15(21)10-4-3-7-18-8-10/h2-8,14H,1H3,(H,19,20)/t14-/m0/s1. The molecule has 1 N–H and O–H groups in total. The van der Waals surface area contributed by atoms with E-state index in [1.165, 1.54) is 37.5 Å². The van der Waals surface area contributed by atoms with Gasteiger partial charge in [-0.1, -0.05) is 12.1 Å². The second kappa shape index (κ2) is 5.57. The first-order valence-corrected chi connectivity index (χ1v) is 6.94. The number of hydrogen-bond donors (Lipinski definition) is 1. The van der Waals surface area contributed by atoms with Crippen molar-refractivity contribution in [2.24, 2.45) is 5.92 Å². The fourth-order valence-corrected chi connectivity index (χ4v) is 2.65. The average molecular weight is 308 g/mol. The molecular weight excluding hydrogens is 296 g/mol. The third-order valence-electron chi connectivity index (χ3n) is 3.62. The van der Waals surface area contributed by atoms with Gasteiger partial charge in [0.25, 0.3) is 0 Å². The molecule has 0 bridgehead atoms. The molecule has 1 aromatic carbocycles. The van der Waals surface area contributed by atoms with Gasteiger partial charge in [0.05, 0.1) is 11.3 Å². The van der Waals surface area contributed by atoms with Gasteiger partial charge < -0.3 is 5.32 Å². The van der Waals surface area contributed by atoms with E-state index in [4.69, 9.17) is 0 Å². The quantitative estimate of drug-likeness (QED) is 0.690. The lowest BCUT2D eigenvalue weighted by molar-refractivity contribution is -0.114. The molecule has 0 saturated heterocycles. The number of amides is 1. The van der Waals surface area contributed by atoms with E-state index in [9.17, 15) is 19.2 Å². The number of rotatable bonds is 3. The van der Waals surface area contributed by atoms with Gasteiger partial charge in [0.2, 0.25) is 5.91 Å². The van der Waals surface area contributed by atoms with Crippen LogP contribution in [0.4, 0.5) is 5.69 Å². The topological polar surface area (TPSA) is 93.2 Å². The molecule has 6 nitrogen and oxygen atoms in total. The van der Waals surface area contributed by atoms with E-state index in [0.717, 1.165) is 0 Å². The van der Waals surface area contributed by atoms with Gasteiger partial charge in [0, 0.05) is 30.4 Å². The Kier molecular flexibility index (Phi) is 3.57. The minimum atomic E-state index is -1.41. The van der Waals surface area contributed by atoms with Crippen molar-refractivity contribution >= 4 is 28.9 Å². The minimum absolute atomic E-state index is 0.0925. The molecule has 1 aliphatic rings. The van der Waals surface area contributed by atoms with E-state index in [1.807, 2.05) is 0 Å². The lowest BCUT2D eigenvalue weighted by Crippen LogP contribution is -2.26. The highest BCUT2D eigenvalue weighted by Gasteiger charge is 2.44. The second-order valence-corrected chi connectivity index (χ2v) is 5.18. The van der Waals surface area contributed by atoms with Gasteiger partial charge in [-0.05, 0) is 18.2 Å². The predicted octanol–water partition coefficient (Wildman–Crippen LogP) is 1.92. The number of nitrogens with zero attached hydrogens (tertiary/aromatic N) is 1. The first-order valence-electron chi connectivity index (χ1n) is 6.94. The highest BCUT2D eigenvalue weighted by atomic mass is 16.2.